The third kappa shape index (κ3) is 2.48. The van der Waals surface area contributed by atoms with Crippen LogP contribution in [0, 0.1) is 6.92 Å². The molecule has 27 heavy (non-hydrogen) atoms. The smallest absolute Gasteiger partial charge is 0.279 e. The van der Waals surface area contributed by atoms with Crippen molar-refractivity contribution in [2.75, 3.05) is 12.4 Å². The number of carbonyl (C=O) groups excluding carboxylic acids is 2. The number of carbonyl (C=O) groups is 2. The van der Waals surface area contributed by atoms with Crippen LogP contribution in [0.2, 0.25) is 0 Å². The maximum Gasteiger partial charge on any atom is 0.279 e. The average Bonchev–Trinajstić information content (AvgIpc) is 3.02. The number of ketones is 1. The van der Waals surface area contributed by atoms with Crippen LogP contribution in [0.25, 0.3) is 11.1 Å². The van der Waals surface area contributed by atoms with E-state index in [0.717, 1.165) is 10.4 Å². The van der Waals surface area contributed by atoms with Gasteiger partial charge in [-0.15, -0.1) is 11.3 Å². The molecule has 1 aliphatic rings. The molecular weight excluding hydrogens is 365 g/mol. The Morgan fingerprint density at radius 3 is 2.37 bits per heavy atom. The number of nitrogens with one attached hydrogen (secondary N) is 1. The minimum absolute atomic E-state index is 0.0940. The van der Waals surface area contributed by atoms with Gasteiger partial charge in [-0.2, -0.15) is 0 Å². The lowest BCUT2D eigenvalue weighted by Crippen LogP contribution is -2.47. The monoisotopic (exact) mass is 381 g/mol. The molecule has 0 aliphatic carbocycles. The second-order valence-corrected chi connectivity index (χ2v) is 7.47. The molecule has 136 valence electrons. The van der Waals surface area contributed by atoms with Gasteiger partial charge < -0.3 is 10.1 Å². The second kappa shape index (κ2) is 6.32. The molecular formula is C21H16FNO3S. The number of benzene rings is 2. The van der Waals surface area contributed by atoms with Crippen molar-refractivity contribution < 1.29 is 18.7 Å². The first-order valence-corrected chi connectivity index (χ1v) is 9.17. The molecule has 4 nitrogen and oxygen atoms in total. The Hall–Kier alpha value is -2.99. The van der Waals surface area contributed by atoms with Gasteiger partial charge in [-0.3, -0.25) is 9.59 Å². The van der Waals surface area contributed by atoms with Crippen LogP contribution in [0.4, 0.5) is 9.39 Å². The average molecular weight is 381 g/mol. The van der Waals surface area contributed by atoms with Crippen molar-refractivity contribution in [1.82, 2.24) is 0 Å². The number of aryl methyl sites for hydroxylation is 1. The summed E-state index contributed by atoms with van der Waals surface area (Å²) in [6.07, 6.45) is 0. The quantitative estimate of drug-likeness (QED) is 0.667. The molecule has 1 amide bonds. The van der Waals surface area contributed by atoms with Gasteiger partial charge >= 0.3 is 0 Å². The number of amides is 1. The Bertz CT molecular complexity index is 1060. The topological polar surface area (TPSA) is 55.4 Å². The van der Waals surface area contributed by atoms with E-state index in [1.165, 1.54) is 30.6 Å². The highest BCUT2D eigenvalue weighted by atomic mass is 32.1. The minimum atomic E-state index is -2.85. The molecule has 4 rings (SSSR count). The molecule has 0 saturated carbocycles. The summed E-state index contributed by atoms with van der Waals surface area (Å²) in [5.41, 5.74) is -1.28. The van der Waals surface area contributed by atoms with Crippen molar-refractivity contribution in [3.05, 3.63) is 70.6 Å². The summed E-state index contributed by atoms with van der Waals surface area (Å²) < 4.78 is 21.3. The molecule has 0 fully saturated rings. The van der Waals surface area contributed by atoms with Crippen LogP contribution in [0.5, 0.6) is 5.75 Å². The summed E-state index contributed by atoms with van der Waals surface area (Å²) in [6.45, 7) is 1.85. The summed E-state index contributed by atoms with van der Waals surface area (Å²) in [7, 11) is 1.38. The highest BCUT2D eigenvalue weighted by Crippen LogP contribution is 2.48. The first-order valence-electron chi connectivity index (χ1n) is 8.36. The van der Waals surface area contributed by atoms with Crippen molar-refractivity contribution in [2.45, 2.75) is 12.6 Å². The third-order valence-electron chi connectivity index (χ3n) is 4.70. The van der Waals surface area contributed by atoms with Gasteiger partial charge in [0.1, 0.15) is 10.8 Å². The lowest BCUT2D eigenvalue weighted by Gasteiger charge is -2.29. The van der Waals surface area contributed by atoms with Gasteiger partial charge in [-0.05, 0) is 18.6 Å². The number of anilines is 1. The number of para-hydroxylation sites is 1. The molecule has 1 N–H and O–H groups in total. The van der Waals surface area contributed by atoms with E-state index in [4.69, 9.17) is 4.74 Å². The fourth-order valence-corrected chi connectivity index (χ4v) is 4.51. The number of ether oxygens (including phenoxy) is 1. The predicted molar refractivity (Wildman–Crippen MR) is 103 cm³/mol. The number of rotatable bonds is 3. The first kappa shape index (κ1) is 17.4. The Morgan fingerprint density at radius 2 is 1.67 bits per heavy atom. The molecule has 6 heteroatoms. The van der Waals surface area contributed by atoms with E-state index in [9.17, 15) is 9.59 Å². The van der Waals surface area contributed by atoms with Crippen LogP contribution in [-0.4, -0.2) is 18.8 Å². The largest absolute Gasteiger partial charge is 0.496 e. The maximum absolute atomic E-state index is 16.1. The fourth-order valence-electron chi connectivity index (χ4n) is 3.44. The van der Waals surface area contributed by atoms with Gasteiger partial charge in [0.2, 0.25) is 5.78 Å². The van der Waals surface area contributed by atoms with Gasteiger partial charge in [0.25, 0.3) is 11.6 Å². The van der Waals surface area contributed by atoms with Crippen LogP contribution >= 0.6 is 11.3 Å². The molecule has 1 aromatic heterocycles. The summed E-state index contributed by atoms with van der Waals surface area (Å²) in [4.78, 5) is 26.8. The molecule has 0 saturated heterocycles. The van der Waals surface area contributed by atoms with Crippen molar-refractivity contribution >= 4 is 28.0 Å². The number of methoxy groups -OCH3 is 1. The number of alkyl halides is 1. The molecule has 3 aromatic rings. The Labute approximate surface area is 159 Å². The van der Waals surface area contributed by atoms with Crippen LogP contribution in [0.1, 0.15) is 20.8 Å². The number of hydrogen-bond acceptors (Lipinski definition) is 4. The summed E-state index contributed by atoms with van der Waals surface area (Å²) in [5, 5.41) is 2.97. The highest BCUT2D eigenvalue weighted by molar-refractivity contribution is 7.17. The van der Waals surface area contributed by atoms with E-state index in [0.29, 0.717) is 10.6 Å². The zero-order valence-electron chi connectivity index (χ0n) is 14.7. The Morgan fingerprint density at radius 1 is 1.00 bits per heavy atom. The van der Waals surface area contributed by atoms with Crippen LogP contribution in [-0.2, 0) is 10.5 Å². The first-order chi connectivity index (χ1) is 13.0. The predicted octanol–water partition coefficient (Wildman–Crippen LogP) is 4.73. The van der Waals surface area contributed by atoms with Gasteiger partial charge in [-0.25, -0.2) is 4.39 Å². The number of hydrogen-bond donors (Lipinski definition) is 1. The highest BCUT2D eigenvalue weighted by Gasteiger charge is 2.55. The van der Waals surface area contributed by atoms with Crippen molar-refractivity contribution in [3.63, 3.8) is 0 Å². The second-order valence-electron chi connectivity index (χ2n) is 6.25. The molecule has 1 unspecified atom stereocenters. The molecule has 0 bridgehead atoms. The normalized spacial score (nSPS) is 18.8. The van der Waals surface area contributed by atoms with Gasteiger partial charge in [-0.1, -0.05) is 48.5 Å². The lowest BCUT2D eigenvalue weighted by atomic mass is 9.82. The lowest BCUT2D eigenvalue weighted by molar-refractivity contribution is -0.125. The number of Topliss-reactive ketones (excluding diaryl/α,β-unsaturated/α-hetero) is 1. The third-order valence-corrected chi connectivity index (χ3v) is 5.73. The van der Waals surface area contributed by atoms with E-state index < -0.39 is 17.4 Å². The maximum atomic E-state index is 16.1. The van der Waals surface area contributed by atoms with E-state index >= 15 is 4.39 Å². The Balaban J connectivity index is 1.95. The molecule has 0 radical (unpaired) electrons. The standard InChI is InChI=1S/C21H16FNO3S/c1-12-16(13-8-4-3-5-9-13)17-18(24)21(22,20(25)23-19(17)27-12)14-10-6-7-11-15(14)26-2/h3-11H,1-2H3,(H,23,25). The molecule has 2 aromatic carbocycles. The van der Waals surface area contributed by atoms with E-state index in [1.54, 1.807) is 12.1 Å². The van der Waals surface area contributed by atoms with Crippen LogP contribution in [0.3, 0.4) is 0 Å². The molecule has 1 aliphatic heterocycles. The fraction of sp³-hybridized carbons (Fsp3) is 0.143. The number of halogens is 1. The summed E-state index contributed by atoms with van der Waals surface area (Å²) in [5.74, 6) is -1.71. The zero-order valence-corrected chi connectivity index (χ0v) is 15.5. The van der Waals surface area contributed by atoms with Crippen molar-refractivity contribution in [1.29, 1.82) is 0 Å². The minimum Gasteiger partial charge on any atom is -0.496 e. The number of thiophene rings is 1. The Kier molecular flexibility index (Phi) is 4.08. The molecule has 2 heterocycles. The SMILES string of the molecule is COc1ccccc1C1(F)C(=O)Nc2sc(C)c(-c3ccccc3)c2C1=O. The molecule has 0 spiro atoms. The van der Waals surface area contributed by atoms with Gasteiger partial charge in [0, 0.05) is 16.0 Å². The zero-order chi connectivity index (χ0) is 19.2. The van der Waals surface area contributed by atoms with E-state index in [-0.39, 0.29) is 16.9 Å². The summed E-state index contributed by atoms with van der Waals surface area (Å²) in [6, 6.07) is 15.5. The van der Waals surface area contributed by atoms with E-state index in [2.05, 4.69) is 5.32 Å². The van der Waals surface area contributed by atoms with Gasteiger partial charge in [0.15, 0.2) is 0 Å². The van der Waals surface area contributed by atoms with Crippen LogP contribution < -0.4 is 10.1 Å². The number of fused-ring (bicyclic) bond motifs is 1. The van der Waals surface area contributed by atoms with Crippen LogP contribution in [0.15, 0.2) is 54.6 Å². The van der Waals surface area contributed by atoms with E-state index in [1.807, 2.05) is 37.3 Å². The molecule has 1 atom stereocenters. The van der Waals surface area contributed by atoms with Gasteiger partial charge in [0.05, 0.1) is 12.7 Å². The summed E-state index contributed by atoms with van der Waals surface area (Å²) >= 11 is 1.27. The van der Waals surface area contributed by atoms with Crippen molar-refractivity contribution in [3.8, 4) is 16.9 Å². The van der Waals surface area contributed by atoms with Crippen molar-refractivity contribution in [2.24, 2.45) is 0 Å².